The number of rotatable bonds is 6. The molecule has 2 nitrogen and oxygen atoms in total. The summed E-state index contributed by atoms with van der Waals surface area (Å²) in [5.74, 6) is 0.333. The summed E-state index contributed by atoms with van der Waals surface area (Å²) in [5.41, 5.74) is -0.488. The lowest BCUT2D eigenvalue weighted by Gasteiger charge is -2.31. The van der Waals surface area contributed by atoms with E-state index >= 15 is 0 Å². The molecule has 0 saturated carbocycles. The van der Waals surface area contributed by atoms with E-state index in [2.05, 4.69) is 13.8 Å². The van der Waals surface area contributed by atoms with E-state index in [0.717, 1.165) is 25.9 Å². The second-order valence-corrected chi connectivity index (χ2v) is 3.71. The minimum absolute atomic E-state index is 0.333. The number of hydrogen-bond acceptors (Lipinski definition) is 2. The third kappa shape index (κ3) is 3.55. The Kier molecular flexibility index (Phi) is 5.51. The maximum Gasteiger partial charge on any atom is 0.0668 e. The van der Waals surface area contributed by atoms with Crippen LogP contribution in [0.15, 0.2) is 0 Å². The first-order valence-electron chi connectivity index (χ1n) is 4.78. The Hall–Kier alpha value is -0.0800. The van der Waals surface area contributed by atoms with Gasteiger partial charge in [-0.15, -0.1) is 0 Å². The van der Waals surface area contributed by atoms with Crippen LogP contribution in [-0.2, 0) is 4.74 Å². The number of hydrogen-bond donors (Lipinski definition) is 1. The van der Waals surface area contributed by atoms with Crippen molar-refractivity contribution in [3.05, 3.63) is 0 Å². The Balaban J connectivity index is 3.80. The summed E-state index contributed by atoms with van der Waals surface area (Å²) in [5, 5.41) is 10.1. The van der Waals surface area contributed by atoms with Gasteiger partial charge < -0.3 is 9.84 Å². The molecular formula is C10H22O2. The Labute approximate surface area is 75.9 Å². The molecule has 2 heteroatoms. The summed E-state index contributed by atoms with van der Waals surface area (Å²) in [6.45, 7) is 6.91. The molecule has 0 heterocycles. The highest BCUT2D eigenvalue weighted by Gasteiger charge is 2.27. The van der Waals surface area contributed by atoms with Crippen LogP contribution in [-0.4, -0.2) is 24.4 Å². The molecule has 0 saturated heterocycles. The number of ether oxygens (including phenoxy) is 1. The molecule has 0 aliphatic carbocycles. The summed E-state index contributed by atoms with van der Waals surface area (Å²) >= 11 is 0. The SMILES string of the molecule is CCC(O)(CCCOC)C(C)C. The van der Waals surface area contributed by atoms with Crippen molar-refractivity contribution >= 4 is 0 Å². The van der Waals surface area contributed by atoms with Crippen LogP contribution in [0.3, 0.4) is 0 Å². The van der Waals surface area contributed by atoms with E-state index in [4.69, 9.17) is 4.74 Å². The van der Waals surface area contributed by atoms with E-state index in [1.54, 1.807) is 7.11 Å². The molecule has 0 rings (SSSR count). The predicted molar refractivity (Wildman–Crippen MR) is 51.2 cm³/mol. The first-order chi connectivity index (χ1) is 5.56. The summed E-state index contributed by atoms with van der Waals surface area (Å²) in [4.78, 5) is 0. The van der Waals surface area contributed by atoms with E-state index in [0.29, 0.717) is 5.92 Å². The first-order valence-corrected chi connectivity index (χ1v) is 4.78. The molecule has 74 valence electrons. The van der Waals surface area contributed by atoms with Crippen LogP contribution < -0.4 is 0 Å². The molecule has 0 spiro atoms. The van der Waals surface area contributed by atoms with Gasteiger partial charge in [-0.05, 0) is 25.2 Å². The first kappa shape index (κ1) is 11.9. The predicted octanol–water partition coefficient (Wildman–Crippen LogP) is 2.21. The van der Waals surface area contributed by atoms with Crippen molar-refractivity contribution in [1.29, 1.82) is 0 Å². The van der Waals surface area contributed by atoms with Crippen molar-refractivity contribution in [3.8, 4) is 0 Å². The second-order valence-electron chi connectivity index (χ2n) is 3.71. The molecule has 0 fully saturated rings. The van der Waals surface area contributed by atoms with Crippen molar-refractivity contribution in [3.63, 3.8) is 0 Å². The zero-order valence-electron chi connectivity index (χ0n) is 8.76. The lowest BCUT2D eigenvalue weighted by atomic mass is 9.84. The molecule has 1 unspecified atom stereocenters. The lowest BCUT2D eigenvalue weighted by Crippen LogP contribution is -2.34. The van der Waals surface area contributed by atoms with E-state index in [-0.39, 0.29) is 0 Å². The normalized spacial score (nSPS) is 16.5. The lowest BCUT2D eigenvalue weighted by molar-refractivity contribution is -0.0226. The standard InChI is InChI=1S/C10H22O2/c1-5-10(11,9(2)3)7-6-8-12-4/h9,11H,5-8H2,1-4H3. The fraction of sp³-hybridized carbons (Fsp3) is 1.00. The largest absolute Gasteiger partial charge is 0.390 e. The summed E-state index contributed by atoms with van der Waals surface area (Å²) in [6, 6.07) is 0. The van der Waals surface area contributed by atoms with Crippen LogP contribution in [0.4, 0.5) is 0 Å². The molecular weight excluding hydrogens is 152 g/mol. The van der Waals surface area contributed by atoms with E-state index in [9.17, 15) is 5.11 Å². The van der Waals surface area contributed by atoms with Gasteiger partial charge in [-0.2, -0.15) is 0 Å². The van der Waals surface area contributed by atoms with Gasteiger partial charge >= 0.3 is 0 Å². The van der Waals surface area contributed by atoms with Gasteiger partial charge in [-0.25, -0.2) is 0 Å². The van der Waals surface area contributed by atoms with Crippen molar-refractivity contribution in [1.82, 2.24) is 0 Å². The van der Waals surface area contributed by atoms with Crippen LogP contribution in [0.25, 0.3) is 0 Å². The van der Waals surface area contributed by atoms with Gasteiger partial charge in [0.2, 0.25) is 0 Å². The molecule has 1 atom stereocenters. The van der Waals surface area contributed by atoms with Crippen molar-refractivity contribution in [2.24, 2.45) is 5.92 Å². The molecule has 0 aromatic rings. The zero-order valence-corrected chi connectivity index (χ0v) is 8.76. The van der Waals surface area contributed by atoms with Crippen molar-refractivity contribution in [2.45, 2.75) is 45.6 Å². The minimum Gasteiger partial charge on any atom is -0.390 e. The second kappa shape index (κ2) is 5.55. The molecule has 0 aromatic carbocycles. The third-order valence-electron chi connectivity index (χ3n) is 2.65. The maximum atomic E-state index is 10.1. The van der Waals surface area contributed by atoms with Gasteiger partial charge in [-0.3, -0.25) is 0 Å². The average molecular weight is 174 g/mol. The highest BCUT2D eigenvalue weighted by atomic mass is 16.5. The Morgan fingerprint density at radius 1 is 1.42 bits per heavy atom. The Morgan fingerprint density at radius 3 is 2.33 bits per heavy atom. The van der Waals surface area contributed by atoms with Crippen LogP contribution >= 0.6 is 0 Å². The fourth-order valence-corrected chi connectivity index (χ4v) is 1.40. The average Bonchev–Trinajstić information content (AvgIpc) is 2.04. The van der Waals surface area contributed by atoms with Crippen LogP contribution in [0.5, 0.6) is 0 Å². The molecule has 0 radical (unpaired) electrons. The van der Waals surface area contributed by atoms with E-state index < -0.39 is 5.60 Å². The molecule has 1 N–H and O–H groups in total. The van der Waals surface area contributed by atoms with Gasteiger partial charge in [0.05, 0.1) is 5.60 Å². The topological polar surface area (TPSA) is 29.5 Å². The summed E-state index contributed by atoms with van der Waals surface area (Å²) in [6.07, 6.45) is 2.61. The van der Waals surface area contributed by atoms with E-state index in [1.165, 1.54) is 0 Å². The number of aliphatic hydroxyl groups is 1. The van der Waals surface area contributed by atoms with Gasteiger partial charge in [0.15, 0.2) is 0 Å². The molecule has 0 bridgehead atoms. The van der Waals surface area contributed by atoms with Gasteiger partial charge in [0, 0.05) is 13.7 Å². The smallest absolute Gasteiger partial charge is 0.0668 e. The van der Waals surface area contributed by atoms with Gasteiger partial charge in [0.1, 0.15) is 0 Å². The highest BCUT2D eigenvalue weighted by molar-refractivity contribution is 4.79. The summed E-state index contributed by atoms with van der Waals surface area (Å²) in [7, 11) is 1.69. The fourth-order valence-electron chi connectivity index (χ4n) is 1.40. The third-order valence-corrected chi connectivity index (χ3v) is 2.65. The van der Waals surface area contributed by atoms with E-state index in [1.807, 2.05) is 6.92 Å². The monoisotopic (exact) mass is 174 g/mol. The van der Waals surface area contributed by atoms with Crippen LogP contribution in [0, 0.1) is 5.92 Å². The highest BCUT2D eigenvalue weighted by Crippen LogP contribution is 2.26. The summed E-state index contributed by atoms with van der Waals surface area (Å²) < 4.78 is 4.95. The molecule has 0 amide bonds. The van der Waals surface area contributed by atoms with Crippen LogP contribution in [0.2, 0.25) is 0 Å². The maximum absolute atomic E-state index is 10.1. The van der Waals surface area contributed by atoms with Gasteiger partial charge in [0.25, 0.3) is 0 Å². The molecule has 0 aliphatic rings. The Morgan fingerprint density at radius 2 is 2.00 bits per heavy atom. The molecule has 12 heavy (non-hydrogen) atoms. The number of methoxy groups -OCH3 is 1. The van der Waals surface area contributed by atoms with Crippen molar-refractivity contribution in [2.75, 3.05) is 13.7 Å². The zero-order chi connectivity index (χ0) is 9.61. The minimum atomic E-state index is -0.488. The van der Waals surface area contributed by atoms with Crippen LogP contribution in [0.1, 0.15) is 40.0 Å². The van der Waals surface area contributed by atoms with Gasteiger partial charge in [-0.1, -0.05) is 20.8 Å². The molecule has 0 aromatic heterocycles. The van der Waals surface area contributed by atoms with Crippen molar-refractivity contribution < 1.29 is 9.84 Å². The quantitative estimate of drug-likeness (QED) is 0.626. The Bertz CT molecular complexity index is 112. The molecule has 0 aliphatic heterocycles.